The summed E-state index contributed by atoms with van der Waals surface area (Å²) in [7, 11) is -3.63. The molecule has 2 aromatic carbocycles. The van der Waals surface area contributed by atoms with E-state index in [-0.39, 0.29) is 4.90 Å². The van der Waals surface area contributed by atoms with Gasteiger partial charge in [0.15, 0.2) is 5.13 Å². The fourth-order valence-corrected chi connectivity index (χ4v) is 4.14. The highest BCUT2D eigenvalue weighted by Gasteiger charge is 2.18. The van der Waals surface area contributed by atoms with Crippen LogP contribution in [0.4, 0.5) is 5.13 Å². The summed E-state index contributed by atoms with van der Waals surface area (Å²) in [5.41, 5.74) is 0. The Bertz CT molecular complexity index is 864. The standard InChI is InChI=1S/C14H12N2O2S2/c1-10-9-15-14(19-10)16-20(17,18)13-8-4-6-11-5-2-3-7-12(11)13/h2-9H,1H3,(H,15,16). The van der Waals surface area contributed by atoms with Gasteiger partial charge in [-0.15, -0.1) is 11.3 Å². The summed E-state index contributed by atoms with van der Waals surface area (Å²) < 4.78 is 27.5. The SMILES string of the molecule is Cc1cnc(NS(=O)(=O)c2cccc3ccccc23)s1. The molecule has 102 valence electrons. The number of sulfonamides is 1. The van der Waals surface area contributed by atoms with Crippen molar-refractivity contribution < 1.29 is 8.42 Å². The van der Waals surface area contributed by atoms with Gasteiger partial charge in [-0.2, -0.15) is 0 Å². The minimum absolute atomic E-state index is 0.267. The molecule has 0 atom stereocenters. The monoisotopic (exact) mass is 304 g/mol. The van der Waals surface area contributed by atoms with Crippen molar-refractivity contribution in [3.63, 3.8) is 0 Å². The summed E-state index contributed by atoms with van der Waals surface area (Å²) in [6.45, 7) is 1.88. The lowest BCUT2D eigenvalue weighted by atomic mass is 10.1. The number of nitrogens with zero attached hydrogens (tertiary/aromatic N) is 1. The number of benzene rings is 2. The Morgan fingerprint density at radius 2 is 1.85 bits per heavy atom. The number of thiazole rings is 1. The van der Waals surface area contributed by atoms with Crippen LogP contribution in [0, 0.1) is 6.92 Å². The second-order valence-corrected chi connectivity index (χ2v) is 7.24. The maximum Gasteiger partial charge on any atom is 0.264 e. The second kappa shape index (κ2) is 4.88. The van der Waals surface area contributed by atoms with Crippen LogP contribution >= 0.6 is 11.3 Å². The zero-order valence-corrected chi connectivity index (χ0v) is 12.3. The first-order chi connectivity index (χ1) is 9.56. The third-order valence-electron chi connectivity index (χ3n) is 2.88. The van der Waals surface area contributed by atoms with Crippen molar-refractivity contribution in [3.8, 4) is 0 Å². The third-order valence-corrected chi connectivity index (χ3v) is 5.24. The number of aryl methyl sites for hydroxylation is 1. The maximum atomic E-state index is 12.5. The van der Waals surface area contributed by atoms with E-state index in [2.05, 4.69) is 9.71 Å². The number of hydrogen-bond acceptors (Lipinski definition) is 4. The fourth-order valence-electron chi connectivity index (χ4n) is 2.00. The fraction of sp³-hybridized carbons (Fsp3) is 0.0714. The van der Waals surface area contributed by atoms with E-state index in [9.17, 15) is 8.42 Å². The Kier molecular flexibility index (Phi) is 3.19. The van der Waals surface area contributed by atoms with Gasteiger partial charge in [0.05, 0.1) is 4.90 Å². The Morgan fingerprint density at radius 3 is 2.60 bits per heavy atom. The highest BCUT2D eigenvalue weighted by atomic mass is 32.2. The number of hydrogen-bond donors (Lipinski definition) is 1. The van der Waals surface area contributed by atoms with E-state index in [0.29, 0.717) is 10.5 Å². The molecule has 0 aliphatic rings. The Balaban J connectivity index is 2.09. The summed E-state index contributed by atoms with van der Waals surface area (Å²) in [5.74, 6) is 0. The lowest BCUT2D eigenvalue weighted by molar-refractivity contribution is 0.602. The van der Waals surface area contributed by atoms with Gasteiger partial charge in [0.2, 0.25) is 0 Å². The summed E-state index contributed by atoms with van der Waals surface area (Å²) in [4.78, 5) is 5.26. The molecule has 0 spiro atoms. The van der Waals surface area contributed by atoms with Gasteiger partial charge in [-0.3, -0.25) is 4.72 Å². The van der Waals surface area contributed by atoms with Crippen molar-refractivity contribution >= 4 is 37.3 Å². The topological polar surface area (TPSA) is 59.1 Å². The van der Waals surface area contributed by atoms with E-state index in [0.717, 1.165) is 10.3 Å². The lowest BCUT2D eigenvalue weighted by Crippen LogP contribution is -2.13. The van der Waals surface area contributed by atoms with Gasteiger partial charge in [-0.25, -0.2) is 13.4 Å². The van der Waals surface area contributed by atoms with Gasteiger partial charge in [-0.05, 0) is 18.4 Å². The Labute approximate surface area is 121 Å². The average molecular weight is 304 g/mol. The van der Waals surface area contributed by atoms with Crippen LogP contribution in [0.3, 0.4) is 0 Å². The molecule has 0 saturated carbocycles. The summed E-state index contributed by atoms with van der Waals surface area (Å²) in [6.07, 6.45) is 1.64. The quantitative estimate of drug-likeness (QED) is 0.806. The van der Waals surface area contributed by atoms with Crippen LogP contribution in [0.5, 0.6) is 0 Å². The molecule has 3 rings (SSSR count). The highest BCUT2D eigenvalue weighted by molar-refractivity contribution is 7.93. The lowest BCUT2D eigenvalue weighted by Gasteiger charge is -2.08. The molecule has 4 nitrogen and oxygen atoms in total. The van der Waals surface area contributed by atoms with Crippen LogP contribution < -0.4 is 4.72 Å². The van der Waals surface area contributed by atoms with Crippen molar-refractivity contribution in [1.82, 2.24) is 4.98 Å². The second-order valence-electron chi connectivity index (χ2n) is 4.36. The van der Waals surface area contributed by atoms with Crippen molar-refractivity contribution in [2.24, 2.45) is 0 Å². The minimum atomic E-state index is -3.63. The van der Waals surface area contributed by atoms with Gasteiger partial charge in [0.1, 0.15) is 0 Å². The van der Waals surface area contributed by atoms with Gasteiger partial charge in [0, 0.05) is 16.5 Å². The van der Waals surface area contributed by atoms with Crippen LogP contribution in [0.1, 0.15) is 4.88 Å². The minimum Gasteiger partial charge on any atom is -0.255 e. The van der Waals surface area contributed by atoms with Crippen molar-refractivity contribution in [2.45, 2.75) is 11.8 Å². The molecule has 0 aliphatic carbocycles. The molecule has 0 saturated heterocycles. The summed E-state index contributed by atoms with van der Waals surface area (Å²) in [6, 6.07) is 12.6. The third kappa shape index (κ3) is 2.39. The van der Waals surface area contributed by atoms with E-state index in [4.69, 9.17) is 0 Å². The maximum absolute atomic E-state index is 12.5. The molecular weight excluding hydrogens is 292 g/mol. The molecule has 0 bridgehead atoms. The molecule has 1 aromatic heterocycles. The van der Waals surface area contributed by atoms with Crippen LogP contribution in [0.15, 0.2) is 53.6 Å². The van der Waals surface area contributed by atoms with E-state index in [1.807, 2.05) is 31.2 Å². The van der Waals surface area contributed by atoms with Gasteiger partial charge < -0.3 is 0 Å². The molecule has 0 aliphatic heterocycles. The average Bonchev–Trinajstić information content (AvgIpc) is 2.82. The first-order valence-corrected chi connectivity index (χ1v) is 8.29. The predicted octanol–water partition coefficient (Wildman–Crippen LogP) is 3.41. The van der Waals surface area contributed by atoms with Crippen molar-refractivity contribution in [2.75, 3.05) is 4.72 Å². The zero-order valence-electron chi connectivity index (χ0n) is 10.7. The van der Waals surface area contributed by atoms with Gasteiger partial charge >= 0.3 is 0 Å². The smallest absolute Gasteiger partial charge is 0.255 e. The first kappa shape index (κ1) is 13.1. The summed E-state index contributed by atoms with van der Waals surface area (Å²) in [5, 5.41) is 1.98. The summed E-state index contributed by atoms with van der Waals surface area (Å²) >= 11 is 1.31. The largest absolute Gasteiger partial charge is 0.264 e. The van der Waals surface area contributed by atoms with E-state index < -0.39 is 10.0 Å². The Morgan fingerprint density at radius 1 is 1.10 bits per heavy atom. The molecule has 3 aromatic rings. The van der Waals surface area contributed by atoms with Crippen molar-refractivity contribution in [3.05, 3.63) is 53.5 Å². The molecule has 0 amide bonds. The number of rotatable bonds is 3. The van der Waals surface area contributed by atoms with E-state index >= 15 is 0 Å². The van der Waals surface area contributed by atoms with E-state index in [1.165, 1.54) is 11.3 Å². The molecule has 1 heterocycles. The van der Waals surface area contributed by atoms with Crippen LogP contribution in [-0.2, 0) is 10.0 Å². The molecule has 20 heavy (non-hydrogen) atoms. The van der Waals surface area contributed by atoms with Gasteiger partial charge in [-0.1, -0.05) is 36.4 Å². The number of anilines is 1. The predicted molar refractivity (Wildman–Crippen MR) is 81.6 cm³/mol. The number of nitrogens with one attached hydrogen (secondary N) is 1. The number of aromatic nitrogens is 1. The zero-order chi connectivity index (χ0) is 14.2. The van der Waals surface area contributed by atoms with Gasteiger partial charge in [0.25, 0.3) is 10.0 Å². The van der Waals surface area contributed by atoms with Crippen LogP contribution in [0.25, 0.3) is 10.8 Å². The van der Waals surface area contributed by atoms with Crippen LogP contribution in [-0.4, -0.2) is 13.4 Å². The molecule has 0 radical (unpaired) electrons. The van der Waals surface area contributed by atoms with Crippen LogP contribution in [0.2, 0.25) is 0 Å². The molecule has 0 unspecified atom stereocenters. The highest BCUT2D eigenvalue weighted by Crippen LogP contribution is 2.26. The molecule has 1 N–H and O–H groups in total. The normalized spacial score (nSPS) is 11.7. The molecule has 0 fully saturated rings. The molecular formula is C14H12N2O2S2. The molecule has 6 heteroatoms. The first-order valence-electron chi connectivity index (χ1n) is 5.99. The van der Waals surface area contributed by atoms with Crippen molar-refractivity contribution in [1.29, 1.82) is 0 Å². The van der Waals surface area contributed by atoms with E-state index in [1.54, 1.807) is 24.4 Å². The Hall–Kier alpha value is -1.92. The number of fused-ring (bicyclic) bond motifs is 1.